The summed E-state index contributed by atoms with van der Waals surface area (Å²) in [5.41, 5.74) is 2.93. The van der Waals surface area contributed by atoms with Crippen LogP contribution in [0.1, 0.15) is 36.6 Å². The SMILES string of the molecule is COc1cccc(C(=O)COC(=O)c2cccc3c2C(=O)c2ccccc2-3)c1. The van der Waals surface area contributed by atoms with Gasteiger partial charge in [0.25, 0.3) is 0 Å². The molecule has 4 rings (SSSR count). The summed E-state index contributed by atoms with van der Waals surface area (Å²) in [7, 11) is 1.51. The van der Waals surface area contributed by atoms with E-state index >= 15 is 0 Å². The van der Waals surface area contributed by atoms with E-state index in [0.717, 1.165) is 5.56 Å². The Morgan fingerprint density at radius 3 is 2.36 bits per heavy atom. The molecule has 5 heteroatoms. The second-order valence-electron chi connectivity index (χ2n) is 6.33. The molecule has 0 fully saturated rings. The van der Waals surface area contributed by atoms with Crippen LogP contribution in [0, 0.1) is 0 Å². The van der Waals surface area contributed by atoms with Gasteiger partial charge in [-0.2, -0.15) is 0 Å². The number of benzene rings is 3. The van der Waals surface area contributed by atoms with Crippen molar-refractivity contribution in [2.45, 2.75) is 0 Å². The lowest BCUT2D eigenvalue weighted by Gasteiger charge is -2.08. The smallest absolute Gasteiger partial charge is 0.339 e. The van der Waals surface area contributed by atoms with Crippen molar-refractivity contribution in [1.29, 1.82) is 0 Å². The number of hydrogen-bond donors (Lipinski definition) is 0. The number of methoxy groups -OCH3 is 1. The summed E-state index contributed by atoms with van der Waals surface area (Å²) in [6, 6.07) is 18.9. The molecular formula is C23H16O5. The zero-order chi connectivity index (χ0) is 19.7. The summed E-state index contributed by atoms with van der Waals surface area (Å²) in [6.07, 6.45) is 0. The maximum absolute atomic E-state index is 12.8. The second kappa shape index (κ2) is 7.12. The molecule has 138 valence electrons. The normalized spacial score (nSPS) is 11.5. The van der Waals surface area contributed by atoms with Gasteiger partial charge in [0.1, 0.15) is 5.75 Å². The van der Waals surface area contributed by atoms with E-state index in [4.69, 9.17) is 9.47 Å². The molecule has 0 spiro atoms. The lowest BCUT2D eigenvalue weighted by atomic mass is 10.0. The Morgan fingerprint density at radius 2 is 1.57 bits per heavy atom. The third-order valence-electron chi connectivity index (χ3n) is 4.70. The zero-order valence-corrected chi connectivity index (χ0v) is 15.1. The molecule has 0 bridgehead atoms. The highest BCUT2D eigenvalue weighted by molar-refractivity contribution is 6.25. The molecule has 0 N–H and O–H groups in total. The third kappa shape index (κ3) is 2.97. The Hall–Kier alpha value is -3.73. The summed E-state index contributed by atoms with van der Waals surface area (Å²) < 4.78 is 10.3. The van der Waals surface area contributed by atoms with Crippen molar-refractivity contribution in [2.24, 2.45) is 0 Å². The van der Waals surface area contributed by atoms with Gasteiger partial charge in [-0.3, -0.25) is 9.59 Å². The molecule has 3 aromatic carbocycles. The highest BCUT2D eigenvalue weighted by Gasteiger charge is 2.31. The Kier molecular flexibility index (Phi) is 4.49. The van der Waals surface area contributed by atoms with Crippen LogP contribution in [-0.2, 0) is 4.74 Å². The first kappa shape index (κ1) is 17.7. The number of fused-ring (bicyclic) bond motifs is 3. The number of esters is 1. The molecule has 0 saturated heterocycles. The summed E-state index contributed by atoms with van der Waals surface area (Å²) in [4.78, 5) is 37.7. The van der Waals surface area contributed by atoms with Gasteiger partial charge < -0.3 is 9.47 Å². The number of ketones is 2. The van der Waals surface area contributed by atoms with E-state index < -0.39 is 12.6 Å². The van der Waals surface area contributed by atoms with Crippen molar-refractivity contribution < 1.29 is 23.9 Å². The largest absolute Gasteiger partial charge is 0.497 e. The Bertz CT molecular complexity index is 1110. The zero-order valence-electron chi connectivity index (χ0n) is 15.1. The maximum atomic E-state index is 12.8. The Balaban J connectivity index is 1.56. The van der Waals surface area contributed by atoms with Crippen LogP contribution in [0.4, 0.5) is 0 Å². The number of hydrogen-bond acceptors (Lipinski definition) is 5. The lowest BCUT2D eigenvalue weighted by Crippen LogP contribution is -2.16. The predicted octanol–water partition coefficient (Wildman–Crippen LogP) is 3.95. The fourth-order valence-electron chi connectivity index (χ4n) is 3.33. The van der Waals surface area contributed by atoms with Crippen molar-refractivity contribution in [3.05, 3.63) is 89.0 Å². The fraction of sp³-hybridized carbons (Fsp3) is 0.0870. The molecule has 0 amide bonds. The number of ether oxygens (including phenoxy) is 2. The molecule has 0 aliphatic heterocycles. The summed E-state index contributed by atoms with van der Waals surface area (Å²) >= 11 is 0. The van der Waals surface area contributed by atoms with Crippen LogP contribution in [0.2, 0.25) is 0 Å². The van der Waals surface area contributed by atoms with Crippen LogP contribution in [0.25, 0.3) is 11.1 Å². The van der Waals surface area contributed by atoms with Gasteiger partial charge in [-0.15, -0.1) is 0 Å². The van der Waals surface area contributed by atoms with Crippen LogP contribution < -0.4 is 4.74 Å². The van der Waals surface area contributed by atoms with Gasteiger partial charge in [0.05, 0.1) is 12.7 Å². The monoisotopic (exact) mass is 372 g/mol. The minimum atomic E-state index is -0.700. The molecule has 3 aromatic rings. The van der Waals surface area contributed by atoms with Crippen molar-refractivity contribution in [1.82, 2.24) is 0 Å². The van der Waals surface area contributed by atoms with E-state index in [1.54, 1.807) is 54.6 Å². The van der Waals surface area contributed by atoms with E-state index in [1.165, 1.54) is 7.11 Å². The molecule has 1 aliphatic rings. The molecule has 1 aliphatic carbocycles. The predicted molar refractivity (Wildman–Crippen MR) is 103 cm³/mol. The van der Waals surface area contributed by atoms with Gasteiger partial charge in [0.2, 0.25) is 0 Å². The fourth-order valence-corrected chi connectivity index (χ4v) is 3.33. The molecule has 0 saturated carbocycles. The van der Waals surface area contributed by atoms with Crippen molar-refractivity contribution in [3.8, 4) is 16.9 Å². The van der Waals surface area contributed by atoms with Crippen molar-refractivity contribution in [2.75, 3.05) is 13.7 Å². The van der Waals surface area contributed by atoms with E-state index in [1.807, 2.05) is 12.1 Å². The minimum absolute atomic E-state index is 0.164. The second-order valence-corrected chi connectivity index (χ2v) is 6.33. The summed E-state index contributed by atoms with van der Waals surface area (Å²) in [5, 5.41) is 0. The summed E-state index contributed by atoms with van der Waals surface area (Å²) in [5.74, 6) is -0.720. The maximum Gasteiger partial charge on any atom is 0.339 e. The average Bonchev–Trinajstić information content (AvgIpc) is 3.04. The molecule has 5 nitrogen and oxygen atoms in total. The number of rotatable bonds is 5. The van der Waals surface area contributed by atoms with Crippen LogP contribution in [0.3, 0.4) is 0 Å². The molecule has 0 unspecified atom stereocenters. The number of carbonyl (C=O) groups is 3. The van der Waals surface area contributed by atoms with E-state index in [9.17, 15) is 14.4 Å². The molecule has 0 aromatic heterocycles. The van der Waals surface area contributed by atoms with Gasteiger partial charge >= 0.3 is 5.97 Å². The lowest BCUT2D eigenvalue weighted by molar-refractivity contribution is 0.0473. The molecular weight excluding hydrogens is 356 g/mol. The van der Waals surface area contributed by atoms with Crippen molar-refractivity contribution in [3.63, 3.8) is 0 Å². The highest BCUT2D eigenvalue weighted by atomic mass is 16.5. The van der Waals surface area contributed by atoms with Crippen molar-refractivity contribution >= 4 is 17.5 Å². The van der Waals surface area contributed by atoms with E-state index in [2.05, 4.69) is 0 Å². The quantitative estimate of drug-likeness (QED) is 0.392. The number of Topliss-reactive ketones (excluding diaryl/α,β-unsaturated/α-hetero) is 1. The highest BCUT2D eigenvalue weighted by Crippen LogP contribution is 2.38. The van der Waals surface area contributed by atoms with E-state index in [0.29, 0.717) is 28.0 Å². The van der Waals surface area contributed by atoms with Crippen LogP contribution >= 0.6 is 0 Å². The summed E-state index contributed by atoms with van der Waals surface area (Å²) in [6.45, 7) is -0.420. The first-order valence-corrected chi connectivity index (χ1v) is 8.71. The molecule has 0 radical (unpaired) electrons. The molecule has 0 heterocycles. The minimum Gasteiger partial charge on any atom is -0.497 e. The molecule has 0 atom stereocenters. The van der Waals surface area contributed by atoms with Gasteiger partial charge in [-0.25, -0.2) is 4.79 Å². The first-order valence-electron chi connectivity index (χ1n) is 8.71. The van der Waals surface area contributed by atoms with Gasteiger partial charge in [0, 0.05) is 16.7 Å². The van der Waals surface area contributed by atoms with Crippen LogP contribution in [0.15, 0.2) is 66.7 Å². The van der Waals surface area contributed by atoms with Gasteiger partial charge in [-0.1, -0.05) is 48.5 Å². The average molecular weight is 372 g/mol. The van der Waals surface area contributed by atoms with Crippen LogP contribution in [-0.4, -0.2) is 31.3 Å². The first-order chi connectivity index (χ1) is 13.6. The van der Waals surface area contributed by atoms with Gasteiger partial charge in [-0.05, 0) is 29.3 Å². The van der Waals surface area contributed by atoms with Crippen LogP contribution in [0.5, 0.6) is 5.75 Å². The number of carbonyl (C=O) groups excluding carboxylic acids is 3. The van der Waals surface area contributed by atoms with E-state index in [-0.39, 0.29) is 17.1 Å². The Labute approximate surface area is 161 Å². The topological polar surface area (TPSA) is 69.7 Å². The van der Waals surface area contributed by atoms with Gasteiger partial charge in [0.15, 0.2) is 18.2 Å². The third-order valence-corrected chi connectivity index (χ3v) is 4.70. The Morgan fingerprint density at radius 1 is 0.857 bits per heavy atom. The molecule has 28 heavy (non-hydrogen) atoms. The standard InChI is InChI=1S/C23H16O5/c1-27-15-7-4-6-14(12-15)20(24)13-28-23(26)19-11-5-10-17-16-8-2-3-9-18(16)22(25)21(17)19/h2-12H,13H2,1H3.